The van der Waals surface area contributed by atoms with Crippen molar-refractivity contribution >= 4 is 17.4 Å². The van der Waals surface area contributed by atoms with Gasteiger partial charge in [0.25, 0.3) is 0 Å². The minimum absolute atomic E-state index is 0.922. The largest absolute Gasteiger partial charge is 0.384 e. The molecule has 82 valence electrons. The maximum Gasteiger partial charge on any atom is 0.114 e. The van der Waals surface area contributed by atoms with Crippen molar-refractivity contribution in [1.29, 1.82) is 0 Å². The predicted octanol–water partition coefficient (Wildman–Crippen LogP) is 2.68. The Bertz CT molecular complexity index is 364. The van der Waals surface area contributed by atoms with Crippen LogP contribution < -0.4 is 5.32 Å². The maximum absolute atomic E-state index is 4.20. The third kappa shape index (κ3) is 3.55. The number of hydrogen-bond acceptors (Lipinski definition) is 4. The van der Waals surface area contributed by atoms with Crippen LogP contribution in [0.15, 0.2) is 53.9 Å². The maximum atomic E-state index is 4.20. The molecule has 0 aliphatic carbocycles. The second-order valence-corrected chi connectivity index (χ2v) is 4.30. The lowest BCUT2D eigenvalue weighted by molar-refractivity contribution is 1.05. The summed E-state index contributed by atoms with van der Waals surface area (Å²) in [7, 11) is 0. The third-order valence-corrected chi connectivity index (χ3v) is 2.91. The second kappa shape index (κ2) is 6.12. The molecule has 0 unspecified atom stereocenters. The van der Waals surface area contributed by atoms with E-state index in [1.165, 1.54) is 0 Å². The van der Waals surface area contributed by atoms with E-state index in [0.29, 0.717) is 0 Å². The van der Waals surface area contributed by atoms with Crippen molar-refractivity contribution in [2.24, 2.45) is 0 Å². The van der Waals surface area contributed by atoms with E-state index in [-0.39, 0.29) is 0 Å². The van der Waals surface area contributed by atoms with E-state index in [4.69, 9.17) is 0 Å². The van der Waals surface area contributed by atoms with E-state index in [1.807, 2.05) is 18.2 Å². The van der Waals surface area contributed by atoms with Crippen LogP contribution >= 0.6 is 11.8 Å². The molecule has 0 radical (unpaired) electrons. The summed E-state index contributed by atoms with van der Waals surface area (Å²) in [5, 5.41) is 4.32. The highest BCUT2D eigenvalue weighted by atomic mass is 32.2. The Morgan fingerprint density at radius 1 is 1.12 bits per heavy atom. The van der Waals surface area contributed by atoms with Crippen LogP contribution in [-0.4, -0.2) is 22.3 Å². The monoisotopic (exact) mass is 231 g/mol. The van der Waals surface area contributed by atoms with Crippen LogP contribution in [0.25, 0.3) is 0 Å². The number of benzene rings is 1. The van der Waals surface area contributed by atoms with Crippen molar-refractivity contribution in [2.45, 2.75) is 5.03 Å². The van der Waals surface area contributed by atoms with Crippen LogP contribution in [0.4, 0.5) is 5.69 Å². The highest BCUT2D eigenvalue weighted by Gasteiger charge is 1.94. The van der Waals surface area contributed by atoms with E-state index < -0.39 is 0 Å². The molecular weight excluding hydrogens is 218 g/mol. The molecular formula is C12H13N3S. The highest BCUT2D eigenvalue weighted by Crippen LogP contribution is 2.12. The van der Waals surface area contributed by atoms with E-state index in [0.717, 1.165) is 23.0 Å². The molecule has 16 heavy (non-hydrogen) atoms. The van der Waals surface area contributed by atoms with Crippen molar-refractivity contribution in [3.05, 3.63) is 48.9 Å². The van der Waals surface area contributed by atoms with E-state index in [1.54, 1.807) is 30.4 Å². The van der Waals surface area contributed by atoms with Gasteiger partial charge in [0.2, 0.25) is 0 Å². The Labute approximate surface area is 99.3 Å². The Morgan fingerprint density at radius 3 is 2.75 bits per heavy atom. The summed E-state index contributed by atoms with van der Waals surface area (Å²) in [6.07, 6.45) is 5.19. The van der Waals surface area contributed by atoms with Crippen LogP contribution in [0, 0.1) is 0 Å². The lowest BCUT2D eigenvalue weighted by atomic mass is 10.3. The van der Waals surface area contributed by atoms with Gasteiger partial charge in [-0.3, -0.25) is 4.98 Å². The SMILES string of the molecule is c1ccc(NCCSc2cnccn2)cc1. The molecule has 1 N–H and O–H groups in total. The van der Waals surface area contributed by atoms with Gasteiger partial charge < -0.3 is 5.32 Å². The summed E-state index contributed by atoms with van der Waals surface area (Å²) in [4.78, 5) is 8.21. The summed E-state index contributed by atoms with van der Waals surface area (Å²) in [6.45, 7) is 0.922. The molecule has 1 aromatic carbocycles. The van der Waals surface area contributed by atoms with Gasteiger partial charge in [-0.25, -0.2) is 4.98 Å². The molecule has 4 heteroatoms. The lowest BCUT2D eigenvalue weighted by Gasteiger charge is -2.04. The first-order chi connectivity index (χ1) is 7.95. The summed E-state index contributed by atoms with van der Waals surface area (Å²) >= 11 is 1.70. The molecule has 0 amide bonds. The van der Waals surface area contributed by atoms with Gasteiger partial charge >= 0.3 is 0 Å². The Kier molecular flexibility index (Phi) is 4.19. The van der Waals surface area contributed by atoms with Crippen molar-refractivity contribution in [3.8, 4) is 0 Å². The molecule has 1 aromatic heterocycles. The predicted molar refractivity (Wildman–Crippen MR) is 67.7 cm³/mol. The quantitative estimate of drug-likeness (QED) is 0.634. The fraction of sp³-hybridized carbons (Fsp3) is 0.167. The van der Waals surface area contributed by atoms with Gasteiger partial charge in [0.1, 0.15) is 5.03 Å². The number of hydrogen-bond donors (Lipinski definition) is 1. The highest BCUT2D eigenvalue weighted by molar-refractivity contribution is 7.99. The average Bonchev–Trinajstić information content (AvgIpc) is 2.37. The first-order valence-corrected chi connectivity index (χ1v) is 6.11. The zero-order chi connectivity index (χ0) is 11.1. The van der Waals surface area contributed by atoms with Crippen LogP contribution in [-0.2, 0) is 0 Å². The number of aromatic nitrogens is 2. The molecule has 2 rings (SSSR count). The molecule has 3 nitrogen and oxygen atoms in total. The van der Waals surface area contributed by atoms with Gasteiger partial charge in [-0.15, -0.1) is 11.8 Å². The fourth-order valence-corrected chi connectivity index (χ4v) is 1.95. The lowest BCUT2D eigenvalue weighted by Crippen LogP contribution is -2.03. The first-order valence-electron chi connectivity index (χ1n) is 5.13. The summed E-state index contributed by atoms with van der Waals surface area (Å²) in [5.74, 6) is 0.980. The van der Waals surface area contributed by atoms with Crippen molar-refractivity contribution < 1.29 is 0 Å². The average molecular weight is 231 g/mol. The van der Waals surface area contributed by atoms with Gasteiger partial charge in [-0.1, -0.05) is 18.2 Å². The number of thioether (sulfide) groups is 1. The smallest absolute Gasteiger partial charge is 0.114 e. The fourth-order valence-electron chi connectivity index (χ4n) is 1.27. The van der Waals surface area contributed by atoms with Crippen LogP contribution in [0.5, 0.6) is 0 Å². The summed E-state index contributed by atoms with van der Waals surface area (Å²) in [5.41, 5.74) is 1.15. The Balaban J connectivity index is 1.70. The zero-order valence-electron chi connectivity index (χ0n) is 8.84. The Hall–Kier alpha value is -1.55. The molecule has 0 spiro atoms. The number of para-hydroxylation sites is 1. The number of nitrogens with zero attached hydrogens (tertiary/aromatic N) is 2. The second-order valence-electron chi connectivity index (χ2n) is 3.18. The first kappa shape index (κ1) is 11.0. The Morgan fingerprint density at radius 2 is 2.00 bits per heavy atom. The minimum Gasteiger partial charge on any atom is -0.384 e. The number of nitrogens with one attached hydrogen (secondary N) is 1. The summed E-state index contributed by atoms with van der Waals surface area (Å²) < 4.78 is 0. The zero-order valence-corrected chi connectivity index (χ0v) is 9.65. The van der Waals surface area contributed by atoms with Gasteiger partial charge in [0.05, 0.1) is 6.20 Å². The molecule has 0 aliphatic heterocycles. The standard InChI is InChI=1S/C12H13N3S/c1-2-4-11(5-3-1)14-8-9-16-12-10-13-6-7-15-12/h1-7,10,14H,8-9H2. The van der Waals surface area contributed by atoms with Gasteiger partial charge in [-0.2, -0.15) is 0 Å². The molecule has 0 saturated heterocycles. The van der Waals surface area contributed by atoms with Gasteiger partial charge in [0.15, 0.2) is 0 Å². The molecule has 1 heterocycles. The normalized spacial score (nSPS) is 10.0. The third-order valence-electron chi connectivity index (χ3n) is 1.99. The molecule has 0 aliphatic rings. The van der Waals surface area contributed by atoms with Gasteiger partial charge in [0, 0.05) is 30.4 Å². The minimum atomic E-state index is 0.922. The van der Waals surface area contributed by atoms with Crippen LogP contribution in [0.2, 0.25) is 0 Å². The van der Waals surface area contributed by atoms with Crippen molar-refractivity contribution in [3.63, 3.8) is 0 Å². The molecule has 2 aromatic rings. The van der Waals surface area contributed by atoms with E-state index in [2.05, 4.69) is 27.4 Å². The van der Waals surface area contributed by atoms with Crippen molar-refractivity contribution in [1.82, 2.24) is 9.97 Å². The van der Waals surface area contributed by atoms with Crippen LogP contribution in [0.3, 0.4) is 0 Å². The van der Waals surface area contributed by atoms with E-state index >= 15 is 0 Å². The number of anilines is 1. The number of rotatable bonds is 5. The van der Waals surface area contributed by atoms with E-state index in [9.17, 15) is 0 Å². The molecule has 0 bridgehead atoms. The molecule has 0 fully saturated rings. The topological polar surface area (TPSA) is 37.8 Å². The molecule has 0 saturated carbocycles. The van der Waals surface area contributed by atoms with Gasteiger partial charge in [-0.05, 0) is 12.1 Å². The summed E-state index contributed by atoms with van der Waals surface area (Å²) in [6, 6.07) is 10.2. The molecule has 0 atom stereocenters. The van der Waals surface area contributed by atoms with Crippen LogP contribution in [0.1, 0.15) is 0 Å². The van der Waals surface area contributed by atoms with Crippen molar-refractivity contribution in [2.75, 3.05) is 17.6 Å².